The van der Waals surface area contributed by atoms with Gasteiger partial charge in [-0.2, -0.15) is 0 Å². The number of carbonyl (C=O) groups excluding carboxylic acids is 2. The second-order valence-electron chi connectivity index (χ2n) is 5.19. The van der Waals surface area contributed by atoms with Gasteiger partial charge in [0.2, 0.25) is 16.9 Å². The first-order chi connectivity index (χ1) is 12.0. The van der Waals surface area contributed by atoms with Gasteiger partial charge >= 0.3 is 0 Å². The summed E-state index contributed by atoms with van der Waals surface area (Å²) in [5, 5.41) is 14.4. The molecule has 0 aliphatic rings. The molecule has 1 aromatic carbocycles. The minimum absolute atomic E-state index is 0.0265. The van der Waals surface area contributed by atoms with Crippen LogP contribution in [0.15, 0.2) is 28.6 Å². The monoisotopic (exact) mass is 398 g/mol. The fourth-order valence-corrected chi connectivity index (χ4v) is 3.80. The summed E-state index contributed by atoms with van der Waals surface area (Å²) in [7, 11) is 0. The summed E-state index contributed by atoms with van der Waals surface area (Å²) in [6.07, 6.45) is 1.57. The van der Waals surface area contributed by atoms with E-state index in [9.17, 15) is 9.59 Å². The van der Waals surface area contributed by atoms with Crippen molar-refractivity contribution < 1.29 is 9.59 Å². The highest BCUT2D eigenvalue weighted by Gasteiger charge is 2.16. The lowest BCUT2D eigenvalue weighted by molar-refractivity contribution is -0.120. The summed E-state index contributed by atoms with van der Waals surface area (Å²) in [5.74, 6) is -0.0770. The van der Waals surface area contributed by atoms with E-state index in [4.69, 9.17) is 11.6 Å². The van der Waals surface area contributed by atoms with Crippen LogP contribution in [0.5, 0.6) is 0 Å². The van der Waals surface area contributed by atoms with E-state index in [2.05, 4.69) is 20.8 Å². The molecule has 0 unspecified atom stereocenters. The zero-order valence-corrected chi connectivity index (χ0v) is 16.3. The third-order valence-electron chi connectivity index (χ3n) is 3.47. The van der Waals surface area contributed by atoms with E-state index in [-0.39, 0.29) is 23.5 Å². The third kappa shape index (κ3) is 5.98. The summed E-state index contributed by atoms with van der Waals surface area (Å²) < 4.78 is 0.620. The number of anilines is 2. The molecule has 2 rings (SSSR count). The normalized spacial score (nSPS) is 10.7. The standard InChI is InChI=1S/C16H19ClN4O2S2/c1-3-10(4-2)14(23)19-15-20-21-16(25-15)24-9-13(22)18-12-8-6-5-7-11(12)17/h5-8,10H,3-4,9H2,1-2H3,(H,18,22)(H,19,20,23). The molecule has 0 fully saturated rings. The highest BCUT2D eigenvalue weighted by Crippen LogP contribution is 2.27. The number of aromatic nitrogens is 2. The number of amides is 2. The van der Waals surface area contributed by atoms with E-state index < -0.39 is 0 Å². The molecule has 25 heavy (non-hydrogen) atoms. The molecule has 0 atom stereocenters. The molecule has 0 saturated heterocycles. The SMILES string of the molecule is CCC(CC)C(=O)Nc1nnc(SCC(=O)Nc2ccccc2Cl)s1. The zero-order valence-electron chi connectivity index (χ0n) is 13.9. The van der Waals surface area contributed by atoms with Gasteiger partial charge < -0.3 is 10.6 Å². The molecule has 2 N–H and O–H groups in total. The maximum absolute atomic E-state index is 12.0. The predicted octanol–water partition coefficient (Wildman–Crippen LogP) is 4.30. The van der Waals surface area contributed by atoms with Gasteiger partial charge in [-0.15, -0.1) is 10.2 Å². The smallest absolute Gasteiger partial charge is 0.234 e. The van der Waals surface area contributed by atoms with Crippen LogP contribution in [0.3, 0.4) is 0 Å². The summed E-state index contributed by atoms with van der Waals surface area (Å²) in [5.41, 5.74) is 0.574. The molecule has 9 heteroatoms. The van der Waals surface area contributed by atoms with Crippen molar-refractivity contribution in [3.63, 3.8) is 0 Å². The Hall–Kier alpha value is -1.64. The van der Waals surface area contributed by atoms with Crippen molar-refractivity contribution in [3.05, 3.63) is 29.3 Å². The quantitative estimate of drug-likeness (QED) is 0.511. The first-order valence-corrected chi connectivity index (χ1v) is 10.0. The molecular formula is C16H19ClN4O2S2. The minimum atomic E-state index is -0.184. The largest absolute Gasteiger partial charge is 0.324 e. The fourth-order valence-electron chi connectivity index (χ4n) is 2.06. The second-order valence-corrected chi connectivity index (χ2v) is 7.80. The molecule has 0 aliphatic heterocycles. The lowest BCUT2D eigenvalue weighted by Gasteiger charge is -2.09. The van der Waals surface area contributed by atoms with Crippen LogP contribution in [-0.4, -0.2) is 27.8 Å². The van der Waals surface area contributed by atoms with Crippen molar-refractivity contribution in [1.29, 1.82) is 0 Å². The highest BCUT2D eigenvalue weighted by atomic mass is 35.5. The molecule has 2 amide bonds. The Morgan fingerprint density at radius 1 is 1.20 bits per heavy atom. The number of benzene rings is 1. The van der Waals surface area contributed by atoms with Gasteiger partial charge in [0.15, 0.2) is 4.34 Å². The van der Waals surface area contributed by atoms with Crippen LogP contribution in [0.25, 0.3) is 0 Å². The number of halogens is 1. The van der Waals surface area contributed by atoms with Gasteiger partial charge in [0.25, 0.3) is 0 Å². The fraction of sp³-hybridized carbons (Fsp3) is 0.375. The van der Waals surface area contributed by atoms with Crippen LogP contribution in [0, 0.1) is 5.92 Å². The molecule has 134 valence electrons. The predicted molar refractivity (Wildman–Crippen MR) is 103 cm³/mol. The number of hydrogen-bond acceptors (Lipinski definition) is 6. The molecule has 0 aliphatic carbocycles. The van der Waals surface area contributed by atoms with Gasteiger partial charge in [0, 0.05) is 5.92 Å². The van der Waals surface area contributed by atoms with E-state index in [0.29, 0.717) is 20.2 Å². The number of hydrogen-bond donors (Lipinski definition) is 2. The average Bonchev–Trinajstić information content (AvgIpc) is 3.03. The highest BCUT2D eigenvalue weighted by molar-refractivity contribution is 8.01. The van der Waals surface area contributed by atoms with Crippen LogP contribution in [-0.2, 0) is 9.59 Å². The zero-order chi connectivity index (χ0) is 18.2. The molecular weight excluding hydrogens is 380 g/mol. The molecule has 0 radical (unpaired) electrons. The topological polar surface area (TPSA) is 84.0 Å². The Kier molecular flexibility index (Phi) is 7.67. The Morgan fingerprint density at radius 2 is 1.92 bits per heavy atom. The van der Waals surface area contributed by atoms with E-state index in [1.165, 1.54) is 23.1 Å². The van der Waals surface area contributed by atoms with E-state index in [0.717, 1.165) is 12.8 Å². The van der Waals surface area contributed by atoms with Gasteiger partial charge in [-0.05, 0) is 25.0 Å². The Labute approximate surface area is 159 Å². The third-order valence-corrected chi connectivity index (χ3v) is 5.77. The van der Waals surface area contributed by atoms with E-state index >= 15 is 0 Å². The summed E-state index contributed by atoms with van der Waals surface area (Å²) in [6, 6.07) is 7.05. The number of nitrogens with one attached hydrogen (secondary N) is 2. The maximum Gasteiger partial charge on any atom is 0.234 e. The molecule has 0 saturated carbocycles. The lowest BCUT2D eigenvalue weighted by Crippen LogP contribution is -2.21. The molecule has 0 spiro atoms. The number of para-hydroxylation sites is 1. The molecule has 0 bridgehead atoms. The van der Waals surface area contributed by atoms with Gasteiger partial charge in [-0.25, -0.2) is 0 Å². The van der Waals surface area contributed by atoms with Crippen LogP contribution < -0.4 is 10.6 Å². The molecule has 2 aromatic rings. The number of thioether (sulfide) groups is 1. The summed E-state index contributed by atoms with van der Waals surface area (Å²) >= 11 is 8.52. The first-order valence-electron chi connectivity index (χ1n) is 7.85. The van der Waals surface area contributed by atoms with Crippen molar-refractivity contribution in [2.45, 2.75) is 31.0 Å². The van der Waals surface area contributed by atoms with Crippen molar-refractivity contribution in [2.24, 2.45) is 5.92 Å². The number of rotatable bonds is 8. The minimum Gasteiger partial charge on any atom is -0.324 e. The van der Waals surface area contributed by atoms with Crippen LogP contribution >= 0.6 is 34.7 Å². The van der Waals surface area contributed by atoms with E-state index in [1.54, 1.807) is 24.3 Å². The molecule has 1 aromatic heterocycles. The van der Waals surface area contributed by atoms with Crippen molar-refractivity contribution in [2.75, 3.05) is 16.4 Å². The average molecular weight is 399 g/mol. The Bertz CT molecular complexity index is 734. The molecule has 1 heterocycles. The van der Waals surface area contributed by atoms with Gasteiger partial charge in [0.05, 0.1) is 16.5 Å². The number of nitrogens with zero attached hydrogens (tertiary/aromatic N) is 2. The second kappa shape index (κ2) is 9.74. The van der Waals surface area contributed by atoms with Gasteiger partial charge in [0.1, 0.15) is 0 Å². The van der Waals surface area contributed by atoms with E-state index in [1.807, 2.05) is 13.8 Å². The Morgan fingerprint density at radius 3 is 2.60 bits per heavy atom. The van der Waals surface area contributed by atoms with Gasteiger partial charge in [-0.1, -0.05) is 60.7 Å². The first kappa shape index (κ1) is 19.7. The van der Waals surface area contributed by atoms with Crippen molar-refractivity contribution in [1.82, 2.24) is 10.2 Å². The summed E-state index contributed by atoms with van der Waals surface area (Å²) in [6.45, 7) is 3.96. The van der Waals surface area contributed by atoms with Crippen LogP contribution in [0.4, 0.5) is 10.8 Å². The maximum atomic E-state index is 12.0. The van der Waals surface area contributed by atoms with Crippen molar-refractivity contribution in [3.8, 4) is 0 Å². The van der Waals surface area contributed by atoms with Gasteiger partial charge in [-0.3, -0.25) is 9.59 Å². The molecule has 6 nitrogen and oxygen atoms in total. The Balaban J connectivity index is 1.84. The van der Waals surface area contributed by atoms with Crippen LogP contribution in [0.2, 0.25) is 5.02 Å². The lowest BCUT2D eigenvalue weighted by atomic mass is 10.0. The van der Waals surface area contributed by atoms with Crippen molar-refractivity contribution >= 4 is 57.3 Å². The number of carbonyl (C=O) groups is 2. The summed E-state index contributed by atoms with van der Waals surface area (Å²) in [4.78, 5) is 24.0. The van der Waals surface area contributed by atoms with Crippen LogP contribution in [0.1, 0.15) is 26.7 Å².